The zero-order valence-electron chi connectivity index (χ0n) is 14.7. The number of anilines is 3. The summed E-state index contributed by atoms with van der Waals surface area (Å²) in [5.41, 5.74) is 11.6. The van der Waals surface area contributed by atoms with Crippen molar-refractivity contribution in [3.8, 4) is 22.4 Å². The van der Waals surface area contributed by atoms with Crippen LogP contribution in [0.1, 0.15) is 0 Å². The molecule has 0 unspecified atom stereocenters. The van der Waals surface area contributed by atoms with Crippen molar-refractivity contribution in [2.45, 2.75) is 0 Å². The number of hydrogen-bond donors (Lipinski definition) is 4. The Morgan fingerprint density at radius 2 is 1.89 bits per heavy atom. The molecule has 28 heavy (non-hydrogen) atoms. The molecule has 8 nitrogen and oxygen atoms in total. The van der Waals surface area contributed by atoms with Gasteiger partial charge in [-0.1, -0.05) is 24.3 Å². The first-order chi connectivity index (χ1) is 13.8. The van der Waals surface area contributed by atoms with Gasteiger partial charge in [0.05, 0.1) is 17.4 Å². The van der Waals surface area contributed by atoms with E-state index in [1.165, 1.54) is 0 Å². The maximum absolute atomic E-state index is 6.24. The van der Waals surface area contributed by atoms with Crippen molar-refractivity contribution in [2.24, 2.45) is 0 Å². The van der Waals surface area contributed by atoms with Crippen molar-refractivity contribution in [1.29, 1.82) is 0 Å². The van der Waals surface area contributed by atoms with Crippen molar-refractivity contribution in [2.75, 3.05) is 11.1 Å². The van der Waals surface area contributed by atoms with E-state index in [1.807, 2.05) is 48.5 Å². The standard InChI is InChI=1S/C20H16N8/c21-19-16(14-5-2-6-18-15(14)11-24-28-18)10-22-20(26-19)25-13-4-1-3-12(9-13)17-7-8-23-27-17/h1-11H,(H,23,27)(H,24,28)(H3,21,22,25,26). The van der Waals surface area contributed by atoms with E-state index in [9.17, 15) is 0 Å². The van der Waals surface area contributed by atoms with E-state index < -0.39 is 0 Å². The number of H-pyrrole nitrogens is 2. The van der Waals surface area contributed by atoms with Gasteiger partial charge in [0.25, 0.3) is 0 Å². The Kier molecular flexibility index (Phi) is 3.72. The maximum atomic E-state index is 6.24. The molecule has 0 saturated heterocycles. The SMILES string of the molecule is Nc1nc(Nc2cccc(-c3cc[nH]n3)c2)ncc1-c1cccc2[nH]ncc12. The fraction of sp³-hybridized carbons (Fsp3) is 0. The zero-order chi connectivity index (χ0) is 18.9. The average molecular weight is 368 g/mol. The number of hydrogen-bond acceptors (Lipinski definition) is 6. The number of fused-ring (bicyclic) bond motifs is 1. The highest BCUT2D eigenvalue weighted by molar-refractivity contribution is 5.96. The van der Waals surface area contributed by atoms with Gasteiger partial charge >= 0.3 is 0 Å². The Hall–Kier alpha value is -4.20. The second-order valence-corrected chi connectivity index (χ2v) is 6.29. The number of benzene rings is 2. The minimum Gasteiger partial charge on any atom is -0.383 e. The molecule has 0 saturated carbocycles. The highest BCUT2D eigenvalue weighted by atomic mass is 15.1. The van der Waals surface area contributed by atoms with Crippen LogP contribution in [0.5, 0.6) is 0 Å². The molecule has 136 valence electrons. The molecule has 3 aromatic heterocycles. The molecule has 0 atom stereocenters. The number of rotatable bonds is 4. The van der Waals surface area contributed by atoms with Gasteiger partial charge in [-0.15, -0.1) is 0 Å². The van der Waals surface area contributed by atoms with Crippen LogP contribution in [0.3, 0.4) is 0 Å². The van der Waals surface area contributed by atoms with E-state index in [1.54, 1.807) is 18.6 Å². The van der Waals surface area contributed by atoms with Gasteiger partial charge < -0.3 is 11.1 Å². The predicted octanol–water partition coefficient (Wildman–Crippen LogP) is 3.74. The van der Waals surface area contributed by atoms with Gasteiger partial charge in [-0.05, 0) is 29.8 Å². The second kappa shape index (κ2) is 6.51. The Balaban J connectivity index is 1.46. The normalized spacial score (nSPS) is 11.0. The van der Waals surface area contributed by atoms with E-state index in [-0.39, 0.29) is 0 Å². The topological polar surface area (TPSA) is 121 Å². The third kappa shape index (κ3) is 2.82. The third-order valence-corrected chi connectivity index (χ3v) is 4.51. The van der Waals surface area contributed by atoms with Crippen LogP contribution in [-0.2, 0) is 0 Å². The number of aromatic nitrogens is 6. The minimum absolute atomic E-state index is 0.398. The first-order valence-electron chi connectivity index (χ1n) is 8.70. The minimum atomic E-state index is 0.398. The van der Waals surface area contributed by atoms with Crippen LogP contribution in [0.4, 0.5) is 17.5 Å². The molecule has 0 radical (unpaired) electrons. The lowest BCUT2D eigenvalue weighted by molar-refractivity contribution is 1.10. The zero-order valence-corrected chi connectivity index (χ0v) is 14.7. The molecular weight excluding hydrogens is 352 g/mol. The molecule has 0 aliphatic heterocycles. The van der Waals surface area contributed by atoms with Crippen molar-refractivity contribution < 1.29 is 0 Å². The molecule has 0 amide bonds. The highest BCUT2D eigenvalue weighted by Crippen LogP contribution is 2.31. The van der Waals surface area contributed by atoms with E-state index >= 15 is 0 Å². The molecule has 5 N–H and O–H groups in total. The van der Waals surface area contributed by atoms with Gasteiger partial charge in [0.2, 0.25) is 5.95 Å². The molecule has 0 aliphatic rings. The Morgan fingerprint density at radius 3 is 2.75 bits per heavy atom. The second-order valence-electron chi connectivity index (χ2n) is 6.29. The first-order valence-corrected chi connectivity index (χ1v) is 8.70. The van der Waals surface area contributed by atoms with E-state index in [0.717, 1.165) is 39.0 Å². The molecule has 8 heteroatoms. The quantitative estimate of drug-likeness (QED) is 0.383. The molecule has 5 rings (SSSR count). The first kappa shape index (κ1) is 16.0. The summed E-state index contributed by atoms with van der Waals surface area (Å²) in [6.45, 7) is 0. The van der Waals surface area contributed by atoms with Crippen LogP contribution < -0.4 is 11.1 Å². The molecule has 3 heterocycles. The molecule has 5 aromatic rings. The van der Waals surface area contributed by atoms with Crippen molar-refractivity contribution in [3.05, 3.63) is 67.1 Å². The molecule has 2 aromatic carbocycles. The monoisotopic (exact) mass is 368 g/mol. The van der Waals surface area contributed by atoms with E-state index in [4.69, 9.17) is 5.73 Å². The summed E-state index contributed by atoms with van der Waals surface area (Å²) in [5.74, 6) is 0.828. The van der Waals surface area contributed by atoms with Crippen LogP contribution in [0.25, 0.3) is 33.3 Å². The van der Waals surface area contributed by atoms with Crippen LogP contribution in [0, 0.1) is 0 Å². The van der Waals surface area contributed by atoms with Gasteiger partial charge in [-0.3, -0.25) is 10.2 Å². The summed E-state index contributed by atoms with van der Waals surface area (Å²) in [7, 11) is 0. The summed E-state index contributed by atoms with van der Waals surface area (Å²) in [6, 6.07) is 15.7. The number of nitrogens with zero attached hydrogens (tertiary/aromatic N) is 4. The van der Waals surface area contributed by atoms with Gasteiger partial charge in [0.15, 0.2) is 0 Å². The summed E-state index contributed by atoms with van der Waals surface area (Å²) >= 11 is 0. The van der Waals surface area contributed by atoms with Gasteiger partial charge in [-0.2, -0.15) is 15.2 Å². The van der Waals surface area contributed by atoms with Crippen LogP contribution in [-0.4, -0.2) is 30.4 Å². The van der Waals surface area contributed by atoms with Crippen LogP contribution in [0.15, 0.2) is 67.1 Å². The van der Waals surface area contributed by atoms with Crippen LogP contribution in [0.2, 0.25) is 0 Å². The molecule has 0 bridgehead atoms. The average Bonchev–Trinajstić information content (AvgIpc) is 3.40. The van der Waals surface area contributed by atoms with Crippen molar-refractivity contribution in [3.63, 3.8) is 0 Å². The summed E-state index contributed by atoms with van der Waals surface area (Å²) in [4.78, 5) is 8.87. The maximum Gasteiger partial charge on any atom is 0.229 e. The number of nitrogen functional groups attached to an aromatic ring is 1. The molecule has 0 spiro atoms. The van der Waals surface area contributed by atoms with Gasteiger partial charge in [0.1, 0.15) is 5.82 Å². The fourth-order valence-corrected chi connectivity index (χ4v) is 3.17. The highest BCUT2D eigenvalue weighted by Gasteiger charge is 2.11. The smallest absolute Gasteiger partial charge is 0.229 e. The lowest BCUT2D eigenvalue weighted by atomic mass is 10.0. The number of aromatic amines is 2. The Bertz CT molecular complexity index is 1260. The molecular formula is C20H16N8. The summed E-state index contributed by atoms with van der Waals surface area (Å²) < 4.78 is 0. The van der Waals surface area contributed by atoms with Crippen molar-refractivity contribution >= 4 is 28.4 Å². The fourth-order valence-electron chi connectivity index (χ4n) is 3.17. The van der Waals surface area contributed by atoms with Crippen molar-refractivity contribution in [1.82, 2.24) is 30.4 Å². The van der Waals surface area contributed by atoms with E-state index in [0.29, 0.717) is 11.8 Å². The summed E-state index contributed by atoms with van der Waals surface area (Å²) in [6.07, 6.45) is 5.29. The van der Waals surface area contributed by atoms with E-state index in [2.05, 4.69) is 35.7 Å². The number of nitrogens with one attached hydrogen (secondary N) is 3. The predicted molar refractivity (Wildman–Crippen MR) is 109 cm³/mol. The lowest BCUT2D eigenvalue weighted by Crippen LogP contribution is -2.02. The largest absolute Gasteiger partial charge is 0.383 e. The van der Waals surface area contributed by atoms with Gasteiger partial charge in [-0.25, -0.2) is 4.98 Å². The van der Waals surface area contributed by atoms with Crippen LogP contribution >= 0.6 is 0 Å². The molecule has 0 aliphatic carbocycles. The third-order valence-electron chi connectivity index (χ3n) is 4.51. The van der Waals surface area contributed by atoms with Gasteiger partial charge in [0, 0.05) is 34.6 Å². The Labute approximate surface area is 159 Å². The molecule has 0 fully saturated rings. The lowest BCUT2D eigenvalue weighted by Gasteiger charge is -2.10. The summed E-state index contributed by atoms with van der Waals surface area (Å²) in [5, 5.41) is 18.3. The number of nitrogens with two attached hydrogens (primary N) is 1. The Morgan fingerprint density at radius 1 is 0.964 bits per heavy atom.